The Morgan fingerprint density at radius 3 is 1.90 bits per heavy atom. The highest BCUT2D eigenvalue weighted by molar-refractivity contribution is 6.10. The van der Waals surface area contributed by atoms with Crippen molar-refractivity contribution in [2.45, 2.75) is 12.5 Å². The molecule has 0 saturated heterocycles. The third-order valence-electron chi connectivity index (χ3n) is 12.5. The van der Waals surface area contributed by atoms with E-state index in [1.54, 1.807) is 6.08 Å². The van der Waals surface area contributed by atoms with Gasteiger partial charge in [-0.3, -0.25) is 0 Å². The van der Waals surface area contributed by atoms with Crippen molar-refractivity contribution < 1.29 is 0 Å². The van der Waals surface area contributed by atoms with Gasteiger partial charge in [-0.1, -0.05) is 116 Å². The number of nitrogens with two attached hydrogens (primary N) is 1. The highest BCUT2D eigenvalue weighted by Gasteiger charge is 2.23. The second-order valence-electron chi connectivity index (χ2n) is 16.7. The summed E-state index contributed by atoms with van der Waals surface area (Å²) in [5.41, 5.74) is 21.8. The van der Waals surface area contributed by atoms with Crippen molar-refractivity contribution in [1.29, 1.82) is 10.5 Å². The lowest BCUT2D eigenvalue weighted by molar-refractivity contribution is 0.764. The molecule has 0 saturated carbocycles. The second kappa shape index (κ2) is 19.5. The lowest BCUT2D eigenvalue weighted by atomic mass is 9.95. The number of nitriles is 2. The molecule has 0 amide bonds. The van der Waals surface area contributed by atoms with Crippen LogP contribution >= 0.6 is 0 Å². The van der Waals surface area contributed by atoms with Crippen molar-refractivity contribution in [1.82, 2.24) is 4.57 Å². The van der Waals surface area contributed by atoms with Gasteiger partial charge < -0.3 is 25.4 Å². The van der Waals surface area contributed by atoms with Crippen LogP contribution in [-0.4, -0.2) is 10.6 Å². The van der Waals surface area contributed by atoms with Gasteiger partial charge in [0.25, 0.3) is 0 Å². The monoisotopic (exact) mass is 889 g/mol. The number of aromatic nitrogens is 1. The molecule has 1 unspecified atom stereocenters. The minimum absolute atomic E-state index is 0.0801. The van der Waals surface area contributed by atoms with E-state index in [0.717, 1.165) is 78.6 Å². The largest absolute Gasteiger partial charge is 0.398 e. The summed E-state index contributed by atoms with van der Waals surface area (Å²) in [4.78, 5) is 4.50. The van der Waals surface area contributed by atoms with E-state index in [1.807, 2.05) is 121 Å². The molecule has 0 aliphatic heterocycles. The predicted molar refractivity (Wildman–Crippen MR) is 286 cm³/mol. The van der Waals surface area contributed by atoms with Crippen LogP contribution in [0.3, 0.4) is 0 Å². The standard InChI is InChI=1S/C62H47N7/c1-2-13-54(41-59(65)57-19-9-11-20-60(57)66-48-14-5-3-6-15-48)67(50-30-22-44(42-63)23-31-50)52-34-26-46(27-35-52)47-28-36-53(37-29-47)68(51-32-24-45(43-64)25-33-51)55-38-39-62-58(40-55)56-18-10-12-21-61(56)69(62)49-16-7-4-8-17-49/h2-34,36-41,52,66H,1,35,65H2/b54-13+,59-41-. The summed E-state index contributed by atoms with van der Waals surface area (Å²) in [5, 5.41) is 25.2. The number of allylic oxidation sites excluding steroid dienone is 5. The van der Waals surface area contributed by atoms with Crippen molar-refractivity contribution in [3.63, 3.8) is 0 Å². The van der Waals surface area contributed by atoms with E-state index in [4.69, 9.17) is 5.73 Å². The van der Waals surface area contributed by atoms with Crippen LogP contribution in [0.25, 0.3) is 38.8 Å². The summed E-state index contributed by atoms with van der Waals surface area (Å²) < 4.78 is 2.32. The Morgan fingerprint density at radius 2 is 1.23 bits per heavy atom. The molecule has 330 valence electrons. The summed E-state index contributed by atoms with van der Waals surface area (Å²) in [5.74, 6) is 0. The van der Waals surface area contributed by atoms with E-state index in [9.17, 15) is 10.5 Å². The van der Waals surface area contributed by atoms with Gasteiger partial charge in [0.05, 0.1) is 40.3 Å². The Balaban J connectivity index is 0.969. The molecule has 7 nitrogen and oxygen atoms in total. The average Bonchev–Trinajstić information content (AvgIpc) is 3.74. The molecule has 8 aromatic carbocycles. The highest BCUT2D eigenvalue weighted by Crippen LogP contribution is 2.41. The van der Waals surface area contributed by atoms with Crippen LogP contribution in [0.4, 0.5) is 34.1 Å². The Labute approximate surface area is 402 Å². The Morgan fingerprint density at radius 1 is 0.638 bits per heavy atom. The molecule has 1 aliphatic rings. The smallest absolute Gasteiger partial charge is 0.0991 e. The third kappa shape index (κ3) is 8.92. The van der Waals surface area contributed by atoms with Crippen LogP contribution in [0, 0.1) is 22.7 Å². The molecule has 7 heteroatoms. The van der Waals surface area contributed by atoms with Gasteiger partial charge in [-0.05, 0) is 145 Å². The molecule has 9 aromatic rings. The zero-order chi connectivity index (χ0) is 47.1. The maximum absolute atomic E-state index is 9.67. The van der Waals surface area contributed by atoms with Crippen molar-refractivity contribution in [2.75, 3.05) is 15.1 Å². The maximum atomic E-state index is 9.67. The lowest BCUT2D eigenvalue weighted by Crippen LogP contribution is -2.33. The van der Waals surface area contributed by atoms with Crippen LogP contribution in [0.2, 0.25) is 0 Å². The number of hydrogen-bond acceptors (Lipinski definition) is 6. The molecule has 69 heavy (non-hydrogen) atoms. The number of rotatable bonds is 13. The van der Waals surface area contributed by atoms with E-state index in [-0.39, 0.29) is 6.04 Å². The van der Waals surface area contributed by atoms with Crippen LogP contribution in [0.1, 0.15) is 28.7 Å². The van der Waals surface area contributed by atoms with Crippen molar-refractivity contribution in [3.05, 3.63) is 271 Å². The summed E-state index contributed by atoms with van der Waals surface area (Å²) in [6.45, 7) is 4.08. The van der Waals surface area contributed by atoms with Gasteiger partial charge in [0.15, 0.2) is 0 Å². The topological polar surface area (TPSA) is 97.0 Å². The number of fused-ring (bicyclic) bond motifs is 3. The molecule has 0 radical (unpaired) electrons. The second-order valence-corrected chi connectivity index (χ2v) is 16.7. The quantitative estimate of drug-likeness (QED) is 0.112. The first-order valence-electron chi connectivity index (χ1n) is 22.9. The van der Waals surface area contributed by atoms with Gasteiger partial charge in [-0.15, -0.1) is 0 Å². The zero-order valence-corrected chi connectivity index (χ0v) is 37.8. The summed E-state index contributed by atoms with van der Waals surface area (Å²) in [6.07, 6.45) is 13.2. The average molecular weight is 890 g/mol. The van der Waals surface area contributed by atoms with Gasteiger partial charge in [-0.25, -0.2) is 0 Å². The number of nitrogens with one attached hydrogen (secondary N) is 1. The number of benzene rings is 8. The fourth-order valence-electron chi connectivity index (χ4n) is 9.21. The number of para-hydroxylation sites is 4. The third-order valence-corrected chi connectivity index (χ3v) is 12.5. The van der Waals surface area contributed by atoms with Crippen LogP contribution in [0.5, 0.6) is 0 Å². The van der Waals surface area contributed by atoms with Crippen LogP contribution in [-0.2, 0) is 0 Å². The van der Waals surface area contributed by atoms with E-state index >= 15 is 0 Å². The Kier molecular flexibility index (Phi) is 12.2. The molecular formula is C62H47N7. The predicted octanol–water partition coefficient (Wildman–Crippen LogP) is 15.0. The Bertz CT molecular complexity index is 3530. The minimum Gasteiger partial charge on any atom is -0.398 e. The van der Waals surface area contributed by atoms with Crippen molar-refractivity contribution in [3.8, 4) is 17.8 Å². The highest BCUT2D eigenvalue weighted by atomic mass is 15.2. The molecule has 0 fully saturated rings. The SMILES string of the molecule is C=C/C=C(\C=C(/N)c1ccccc1Nc1ccccc1)N(c1ccc(C#N)cc1)C1C=CC(c2ccc(N(c3ccc(C#N)cc3)c3ccc4c(c3)c3ccccc3n4-c3ccccc3)cc2)=CC1. The molecule has 0 spiro atoms. The van der Waals surface area contributed by atoms with Gasteiger partial charge in [0, 0.05) is 67.5 Å². The fourth-order valence-corrected chi connectivity index (χ4v) is 9.21. The first kappa shape index (κ1) is 43.3. The van der Waals surface area contributed by atoms with E-state index < -0.39 is 0 Å². The molecule has 10 rings (SSSR count). The number of hydrogen-bond donors (Lipinski definition) is 2. The summed E-state index contributed by atoms with van der Waals surface area (Å²) in [7, 11) is 0. The summed E-state index contributed by atoms with van der Waals surface area (Å²) in [6, 6.07) is 72.3. The molecule has 0 bridgehead atoms. The van der Waals surface area contributed by atoms with Crippen molar-refractivity contribution >= 4 is 67.2 Å². The maximum Gasteiger partial charge on any atom is 0.0991 e. The first-order chi connectivity index (χ1) is 34.0. The van der Waals surface area contributed by atoms with Gasteiger partial charge >= 0.3 is 0 Å². The Hall–Kier alpha value is -9.56. The van der Waals surface area contributed by atoms with Crippen molar-refractivity contribution in [2.24, 2.45) is 5.73 Å². The van der Waals surface area contributed by atoms with E-state index in [0.29, 0.717) is 23.2 Å². The van der Waals surface area contributed by atoms with Gasteiger partial charge in [-0.2, -0.15) is 10.5 Å². The van der Waals surface area contributed by atoms with Gasteiger partial charge in [0.2, 0.25) is 0 Å². The molecule has 1 atom stereocenters. The molecule has 1 aliphatic carbocycles. The fraction of sp³-hybridized carbons (Fsp3) is 0.0323. The molecular weight excluding hydrogens is 843 g/mol. The number of nitrogens with zero attached hydrogens (tertiary/aromatic N) is 5. The summed E-state index contributed by atoms with van der Waals surface area (Å²) >= 11 is 0. The molecule has 1 heterocycles. The van der Waals surface area contributed by atoms with Crippen LogP contribution < -0.4 is 20.9 Å². The zero-order valence-electron chi connectivity index (χ0n) is 37.8. The minimum atomic E-state index is -0.0801. The molecule has 3 N–H and O–H groups in total. The van der Waals surface area contributed by atoms with E-state index in [2.05, 4.69) is 148 Å². The lowest BCUT2D eigenvalue weighted by Gasteiger charge is -2.34. The van der Waals surface area contributed by atoms with E-state index in [1.165, 1.54) is 5.39 Å². The number of anilines is 6. The van der Waals surface area contributed by atoms with Gasteiger partial charge in [0.1, 0.15) is 0 Å². The normalized spacial score (nSPS) is 13.6. The first-order valence-corrected chi connectivity index (χ1v) is 22.9. The molecule has 1 aromatic heterocycles. The van der Waals surface area contributed by atoms with Crippen LogP contribution in [0.15, 0.2) is 249 Å².